The van der Waals surface area contributed by atoms with Crippen LogP contribution in [-0.4, -0.2) is 46.0 Å². The van der Waals surface area contributed by atoms with Crippen molar-refractivity contribution in [2.24, 2.45) is 5.92 Å². The van der Waals surface area contributed by atoms with E-state index < -0.39 is 17.7 Å². The van der Waals surface area contributed by atoms with Crippen LogP contribution in [0.2, 0.25) is 0 Å². The normalized spacial score (nSPS) is 13.1. The maximum Gasteiger partial charge on any atom is 0.416 e. The van der Waals surface area contributed by atoms with E-state index >= 15 is 0 Å². The molecule has 0 saturated heterocycles. The summed E-state index contributed by atoms with van der Waals surface area (Å²) in [6, 6.07) is 11.6. The van der Waals surface area contributed by atoms with E-state index in [1.54, 1.807) is 29.5 Å². The van der Waals surface area contributed by atoms with Crippen molar-refractivity contribution in [1.29, 1.82) is 0 Å². The highest BCUT2D eigenvalue weighted by Crippen LogP contribution is 2.36. The van der Waals surface area contributed by atoms with Crippen molar-refractivity contribution in [3.05, 3.63) is 70.0 Å². The van der Waals surface area contributed by atoms with Gasteiger partial charge in [-0.3, -0.25) is 9.78 Å². The highest BCUT2D eigenvalue weighted by Gasteiger charge is 2.31. The molecule has 5 nitrogen and oxygen atoms in total. The largest absolute Gasteiger partial charge is 0.481 e. The molecule has 10 heteroatoms. The first-order valence-electron chi connectivity index (χ1n) is 13.4. The minimum atomic E-state index is -4.49. The number of benzene rings is 1. The number of hydrogen-bond acceptors (Lipinski definition) is 6. The summed E-state index contributed by atoms with van der Waals surface area (Å²) in [5.41, 5.74) is 0.782. The van der Waals surface area contributed by atoms with Gasteiger partial charge in [0.05, 0.1) is 11.3 Å². The van der Waals surface area contributed by atoms with Crippen molar-refractivity contribution >= 4 is 29.3 Å². The molecule has 0 aliphatic rings. The van der Waals surface area contributed by atoms with Gasteiger partial charge in [-0.2, -0.15) is 13.2 Å². The third kappa shape index (κ3) is 10.9. The molecule has 0 spiro atoms. The highest BCUT2D eigenvalue weighted by atomic mass is 32.2. The summed E-state index contributed by atoms with van der Waals surface area (Å²) in [6.45, 7) is 8.07. The van der Waals surface area contributed by atoms with E-state index in [1.165, 1.54) is 29.1 Å². The first-order chi connectivity index (χ1) is 18.8. The van der Waals surface area contributed by atoms with Crippen LogP contribution in [-0.2, 0) is 23.8 Å². The minimum absolute atomic E-state index is 0.00332. The van der Waals surface area contributed by atoms with Crippen LogP contribution in [0.4, 0.5) is 13.2 Å². The van der Waals surface area contributed by atoms with E-state index in [4.69, 9.17) is 5.11 Å². The van der Waals surface area contributed by atoms with Crippen molar-refractivity contribution in [2.45, 2.75) is 69.5 Å². The molecule has 0 aliphatic carbocycles. The minimum Gasteiger partial charge on any atom is -0.481 e. The number of hydrogen-bond donors (Lipinski definition) is 2. The lowest BCUT2D eigenvalue weighted by Gasteiger charge is -2.29. The summed E-state index contributed by atoms with van der Waals surface area (Å²) in [6.07, 6.45) is 0.579. The summed E-state index contributed by atoms with van der Waals surface area (Å²) in [4.78, 5) is 17.0. The molecular weight excluding hydrogens is 555 g/mol. The molecular formula is C30H38F3N3O2S2. The van der Waals surface area contributed by atoms with Crippen molar-refractivity contribution in [3.63, 3.8) is 0 Å². The van der Waals surface area contributed by atoms with Gasteiger partial charge in [0.2, 0.25) is 0 Å². The first kappa shape index (κ1) is 32.1. The second kappa shape index (κ2) is 14.5. The zero-order valence-corrected chi connectivity index (χ0v) is 25.1. The lowest BCUT2D eigenvalue weighted by molar-refractivity contribution is -0.138. The smallest absolute Gasteiger partial charge is 0.416 e. The summed E-state index contributed by atoms with van der Waals surface area (Å²) < 4.78 is 43.1. The number of halogens is 3. The maximum absolute atomic E-state index is 13.7. The molecule has 3 rings (SSSR count). The van der Waals surface area contributed by atoms with Crippen LogP contribution in [0.1, 0.15) is 56.0 Å². The second-order valence-corrected chi connectivity index (χ2v) is 13.2. The highest BCUT2D eigenvalue weighted by molar-refractivity contribution is 7.97. The Morgan fingerprint density at radius 3 is 2.58 bits per heavy atom. The molecule has 2 N–H and O–H groups in total. The average Bonchev–Trinajstić information content (AvgIpc) is 3.39. The van der Waals surface area contributed by atoms with Crippen LogP contribution in [0.3, 0.4) is 0 Å². The zero-order valence-electron chi connectivity index (χ0n) is 23.4. The molecule has 2 aromatic heterocycles. The van der Waals surface area contributed by atoms with E-state index in [2.05, 4.69) is 48.6 Å². The fourth-order valence-corrected chi connectivity index (χ4v) is 6.18. The van der Waals surface area contributed by atoms with Gasteiger partial charge in [0.1, 0.15) is 0 Å². The van der Waals surface area contributed by atoms with Gasteiger partial charge in [0.15, 0.2) is 0 Å². The Hall–Kier alpha value is -2.40. The lowest BCUT2D eigenvalue weighted by Crippen LogP contribution is -2.42. The van der Waals surface area contributed by atoms with E-state index in [9.17, 15) is 18.0 Å². The van der Waals surface area contributed by atoms with Gasteiger partial charge in [0.25, 0.3) is 0 Å². The number of nitrogens with one attached hydrogen (secondary N) is 1. The molecule has 0 bridgehead atoms. The summed E-state index contributed by atoms with van der Waals surface area (Å²) in [5.74, 6) is -0.620. The summed E-state index contributed by atoms with van der Waals surface area (Å²) >= 11 is 3.08. The molecule has 3 aromatic rings. The third-order valence-electron chi connectivity index (χ3n) is 6.55. The number of pyridine rings is 1. The number of aliphatic carboxylic acids is 1. The topological polar surface area (TPSA) is 65.5 Å². The van der Waals surface area contributed by atoms with Crippen LogP contribution in [0.5, 0.6) is 0 Å². The van der Waals surface area contributed by atoms with E-state index in [0.717, 1.165) is 37.4 Å². The molecule has 218 valence electrons. The molecule has 0 amide bonds. The number of alkyl halides is 3. The molecule has 0 unspecified atom stereocenters. The fraction of sp³-hybridized carbons (Fsp3) is 0.467. The Bertz CT molecular complexity index is 1220. The van der Waals surface area contributed by atoms with Gasteiger partial charge in [-0.1, -0.05) is 19.1 Å². The number of thiophene rings is 1. The molecule has 1 atom stereocenters. The van der Waals surface area contributed by atoms with Crippen molar-refractivity contribution < 1.29 is 23.1 Å². The number of carboxylic acid groups (broad SMARTS) is 1. The molecule has 0 aliphatic heterocycles. The molecule has 2 heterocycles. The molecule has 1 aromatic carbocycles. The second-order valence-electron chi connectivity index (χ2n) is 10.9. The van der Waals surface area contributed by atoms with E-state index in [0.29, 0.717) is 35.0 Å². The van der Waals surface area contributed by atoms with Gasteiger partial charge in [-0.25, -0.2) is 4.31 Å². The fourth-order valence-electron chi connectivity index (χ4n) is 4.38. The van der Waals surface area contributed by atoms with Crippen LogP contribution in [0.15, 0.2) is 58.9 Å². The maximum atomic E-state index is 13.7. The van der Waals surface area contributed by atoms with Crippen LogP contribution >= 0.6 is 23.3 Å². The quantitative estimate of drug-likeness (QED) is 0.175. The monoisotopic (exact) mass is 593 g/mol. The molecule has 0 radical (unpaired) electrons. The first-order valence-corrected chi connectivity index (χ1v) is 15.0. The van der Waals surface area contributed by atoms with Crippen molar-refractivity contribution in [1.82, 2.24) is 14.6 Å². The number of nitrogens with zero attached hydrogens (tertiary/aromatic N) is 2. The number of aromatic nitrogens is 1. The SMILES string of the molecule is C[C@H](CNC(C)(C)CCCc1cccs1)CN(C)Sc1cc(-c2ccc(CCC(=O)O)cn2)cc(C(F)(F)F)c1. The molecule has 0 saturated carbocycles. The predicted molar refractivity (Wildman–Crippen MR) is 158 cm³/mol. The van der Waals surface area contributed by atoms with Crippen molar-refractivity contribution in [2.75, 3.05) is 20.1 Å². The Morgan fingerprint density at radius 1 is 1.18 bits per heavy atom. The third-order valence-corrected chi connectivity index (χ3v) is 8.39. The van der Waals surface area contributed by atoms with Gasteiger partial charge in [-0.05, 0) is 112 Å². The van der Waals surface area contributed by atoms with Crippen molar-refractivity contribution in [3.8, 4) is 11.3 Å². The number of aryl methyl sites for hydroxylation is 2. The van der Waals surface area contributed by atoms with Gasteiger partial charge >= 0.3 is 12.1 Å². The number of carbonyl (C=O) groups is 1. The standard InChI is InChI=1S/C30H38F3N3O2S2/c1-21(18-35-29(2,3)13-5-7-25-8-6-14-39-25)20-36(4)40-26-16-23(15-24(17-26)30(31,32)33)27-11-9-22(19-34-27)10-12-28(37)38/h6,8-9,11,14-17,19,21,35H,5,7,10,12-13,18,20H2,1-4H3,(H,37,38)/t21-/m1/s1. The van der Waals surface area contributed by atoms with Crippen LogP contribution in [0.25, 0.3) is 11.3 Å². The Balaban J connectivity index is 1.59. The van der Waals surface area contributed by atoms with E-state index in [1.807, 2.05) is 11.4 Å². The number of rotatable bonds is 15. The van der Waals surface area contributed by atoms with Crippen LogP contribution < -0.4 is 5.32 Å². The van der Waals surface area contributed by atoms with E-state index in [-0.39, 0.29) is 12.0 Å². The summed E-state index contributed by atoms with van der Waals surface area (Å²) in [7, 11) is 1.89. The Labute approximate surface area is 243 Å². The summed E-state index contributed by atoms with van der Waals surface area (Å²) in [5, 5.41) is 14.6. The zero-order chi connectivity index (χ0) is 29.3. The van der Waals surface area contributed by atoms with Crippen LogP contribution in [0, 0.1) is 5.92 Å². The van der Waals surface area contributed by atoms with Gasteiger partial charge < -0.3 is 10.4 Å². The molecule has 0 fully saturated rings. The number of carboxylic acids is 1. The lowest BCUT2D eigenvalue weighted by atomic mass is 9.96. The van der Waals surface area contributed by atoms with Gasteiger partial charge in [-0.15, -0.1) is 11.3 Å². The molecule has 40 heavy (non-hydrogen) atoms. The Kier molecular flexibility index (Phi) is 11.6. The average molecular weight is 594 g/mol. The Morgan fingerprint density at radius 2 is 1.95 bits per heavy atom. The predicted octanol–water partition coefficient (Wildman–Crippen LogP) is 7.81. The van der Waals surface area contributed by atoms with Gasteiger partial charge in [0, 0.05) is 40.0 Å².